The van der Waals surface area contributed by atoms with Crippen molar-refractivity contribution in [3.8, 4) is 11.4 Å². The van der Waals surface area contributed by atoms with Gasteiger partial charge in [-0.05, 0) is 18.1 Å². The van der Waals surface area contributed by atoms with Crippen LogP contribution in [0.25, 0.3) is 11.4 Å². The minimum atomic E-state index is 0.0645. The number of aliphatic hydroxyl groups is 1. The van der Waals surface area contributed by atoms with Crippen molar-refractivity contribution in [1.29, 1.82) is 0 Å². The first-order valence-corrected chi connectivity index (χ1v) is 4.78. The van der Waals surface area contributed by atoms with Crippen LogP contribution >= 0.6 is 0 Å². The Balaban J connectivity index is 2.33. The van der Waals surface area contributed by atoms with Gasteiger partial charge >= 0.3 is 0 Å². The second kappa shape index (κ2) is 4.19. The van der Waals surface area contributed by atoms with Crippen LogP contribution in [0.15, 0.2) is 36.7 Å². The zero-order chi connectivity index (χ0) is 10.7. The SMILES string of the molecule is Cc1cnc(-c2ccc(CO)cc2)nc1. The lowest BCUT2D eigenvalue weighted by atomic mass is 10.1. The standard InChI is InChI=1S/C12H12N2O/c1-9-6-13-12(14-7-9)11-4-2-10(8-15)3-5-11/h2-7,15H,8H2,1H3. The third kappa shape index (κ3) is 2.19. The molecule has 0 unspecified atom stereocenters. The summed E-state index contributed by atoms with van der Waals surface area (Å²) in [5.41, 5.74) is 2.91. The van der Waals surface area contributed by atoms with E-state index in [1.165, 1.54) is 0 Å². The molecule has 2 aromatic rings. The highest BCUT2D eigenvalue weighted by Gasteiger charge is 1.99. The molecule has 2 rings (SSSR count). The van der Waals surface area contributed by atoms with E-state index in [4.69, 9.17) is 5.11 Å². The van der Waals surface area contributed by atoms with Gasteiger partial charge in [0.15, 0.2) is 5.82 Å². The van der Waals surface area contributed by atoms with E-state index < -0.39 is 0 Å². The van der Waals surface area contributed by atoms with Gasteiger partial charge in [0, 0.05) is 18.0 Å². The first-order valence-electron chi connectivity index (χ1n) is 4.78. The molecule has 1 heterocycles. The first kappa shape index (κ1) is 9.80. The minimum absolute atomic E-state index is 0.0645. The molecule has 0 saturated heterocycles. The summed E-state index contributed by atoms with van der Waals surface area (Å²) in [5.74, 6) is 0.713. The molecule has 3 nitrogen and oxygen atoms in total. The number of aromatic nitrogens is 2. The Morgan fingerprint density at radius 3 is 2.20 bits per heavy atom. The topological polar surface area (TPSA) is 46.0 Å². The van der Waals surface area contributed by atoms with Crippen LogP contribution in [0.5, 0.6) is 0 Å². The van der Waals surface area contributed by atoms with Gasteiger partial charge in [-0.3, -0.25) is 0 Å². The summed E-state index contributed by atoms with van der Waals surface area (Å²) in [5, 5.41) is 8.90. The van der Waals surface area contributed by atoms with Crippen molar-refractivity contribution < 1.29 is 5.11 Å². The maximum absolute atomic E-state index is 8.90. The zero-order valence-corrected chi connectivity index (χ0v) is 8.51. The van der Waals surface area contributed by atoms with Crippen LogP contribution in [-0.2, 0) is 6.61 Å². The summed E-state index contributed by atoms with van der Waals surface area (Å²) in [6.45, 7) is 2.02. The van der Waals surface area contributed by atoms with Gasteiger partial charge in [-0.2, -0.15) is 0 Å². The summed E-state index contributed by atoms with van der Waals surface area (Å²) >= 11 is 0. The monoisotopic (exact) mass is 200 g/mol. The molecular weight excluding hydrogens is 188 g/mol. The van der Waals surface area contributed by atoms with Crippen molar-refractivity contribution in [3.05, 3.63) is 47.8 Å². The molecule has 1 aromatic heterocycles. The van der Waals surface area contributed by atoms with Crippen LogP contribution in [-0.4, -0.2) is 15.1 Å². The highest BCUT2D eigenvalue weighted by Crippen LogP contribution is 2.15. The fraction of sp³-hybridized carbons (Fsp3) is 0.167. The van der Waals surface area contributed by atoms with Crippen LogP contribution < -0.4 is 0 Å². The molecule has 0 saturated carbocycles. The van der Waals surface area contributed by atoms with Crippen molar-refractivity contribution in [2.24, 2.45) is 0 Å². The number of benzene rings is 1. The smallest absolute Gasteiger partial charge is 0.159 e. The molecule has 0 aliphatic rings. The molecule has 0 fully saturated rings. The largest absolute Gasteiger partial charge is 0.392 e. The van der Waals surface area contributed by atoms with E-state index in [1.54, 1.807) is 12.4 Å². The van der Waals surface area contributed by atoms with E-state index in [1.807, 2.05) is 31.2 Å². The van der Waals surface area contributed by atoms with Gasteiger partial charge in [0.1, 0.15) is 0 Å². The maximum Gasteiger partial charge on any atom is 0.159 e. The second-order valence-corrected chi connectivity index (χ2v) is 3.44. The van der Waals surface area contributed by atoms with E-state index in [2.05, 4.69) is 9.97 Å². The molecule has 76 valence electrons. The van der Waals surface area contributed by atoms with E-state index in [0.29, 0.717) is 5.82 Å². The summed E-state index contributed by atoms with van der Waals surface area (Å²) in [6.07, 6.45) is 3.59. The Morgan fingerprint density at radius 2 is 1.67 bits per heavy atom. The Kier molecular flexibility index (Phi) is 2.74. The molecule has 1 aromatic carbocycles. The van der Waals surface area contributed by atoms with Crippen LogP contribution in [0.1, 0.15) is 11.1 Å². The number of aliphatic hydroxyl groups excluding tert-OH is 1. The molecule has 0 atom stereocenters. The third-order valence-electron chi connectivity index (χ3n) is 2.18. The molecule has 0 amide bonds. The highest BCUT2D eigenvalue weighted by molar-refractivity contribution is 5.54. The first-order chi connectivity index (χ1) is 7.29. The molecular formula is C12H12N2O. The van der Waals surface area contributed by atoms with Gasteiger partial charge in [0.25, 0.3) is 0 Å². The molecule has 3 heteroatoms. The molecule has 0 aliphatic heterocycles. The predicted molar refractivity (Wildman–Crippen MR) is 58.1 cm³/mol. The molecule has 0 spiro atoms. The van der Waals surface area contributed by atoms with Crippen molar-refractivity contribution >= 4 is 0 Å². The molecule has 0 radical (unpaired) electrons. The van der Waals surface area contributed by atoms with Crippen molar-refractivity contribution in [3.63, 3.8) is 0 Å². The number of hydrogen-bond acceptors (Lipinski definition) is 3. The molecule has 0 bridgehead atoms. The summed E-state index contributed by atoms with van der Waals surface area (Å²) < 4.78 is 0. The van der Waals surface area contributed by atoms with Gasteiger partial charge in [-0.1, -0.05) is 24.3 Å². The average Bonchev–Trinajstić information content (AvgIpc) is 2.30. The lowest BCUT2D eigenvalue weighted by Gasteiger charge is -2.01. The fourth-order valence-electron chi connectivity index (χ4n) is 1.30. The predicted octanol–water partition coefficient (Wildman–Crippen LogP) is 1.94. The van der Waals surface area contributed by atoms with Crippen LogP contribution in [0, 0.1) is 6.92 Å². The summed E-state index contributed by atoms with van der Waals surface area (Å²) in [6, 6.07) is 7.57. The van der Waals surface area contributed by atoms with Gasteiger partial charge in [0.2, 0.25) is 0 Å². The van der Waals surface area contributed by atoms with E-state index in [9.17, 15) is 0 Å². The molecule has 1 N–H and O–H groups in total. The van der Waals surface area contributed by atoms with Gasteiger partial charge < -0.3 is 5.11 Å². The number of hydrogen-bond donors (Lipinski definition) is 1. The number of aryl methyl sites for hydroxylation is 1. The van der Waals surface area contributed by atoms with Gasteiger partial charge in [-0.15, -0.1) is 0 Å². The van der Waals surface area contributed by atoms with E-state index in [0.717, 1.165) is 16.7 Å². The Hall–Kier alpha value is -1.74. The van der Waals surface area contributed by atoms with E-state index >= 15 is 0 Å². The average molecular weight is 200 g/mol. The van der Waals surface area contributed by atoms with Crippen LogP contribution in [0.3, 0.4) is 0 Å². The number of rotatable bonds is 2. The van der Waals surface area contributed by atoms with Gasteiger partial charge in [-0.25, -0.2) is 9.97 Å². The summed E-state index contributed by atoms with van der Waals surface area (Å²) in [4.78, 5) is 8.46. The van der Waals surface area contributed by atoms with E-state index in [-0.39, 0.29) is 6.61 Å². The second-order valence-electron chi connectivity index (χ2n) is 3.44. The quantitative estimate of drug-likeness (QED) is 0.805. The maximum atomic E-state index is 8.90. The Labute approximate surface area is 88.5 Å². The highest BCUT2D eigenvalue weighted by atomic mass is 16.3. The third-order valence-corrected chi connectivity index (χ3v) is 2.18. The Morgan fingerprint density at radius 1 is 1.07 bits per heavy atom. The van der Waals surface area contributed by atoms with Crippen molar-refractivity contribution in [2.45, 2.75) is 13.5 Å². The normalized spacial score (nSPS) is 10.3. The minimum Gasteiger partial charge on any atom is -0.392 e. The fourth-order valence-corrected chi connectivity index (χ4v) is 1.30. The van der Waals surface area contributed by atoms with Crippen LogP contribution in [0.2, 0.25) is 0 Å². The van der Waals surface area contributed by atoms with Crippen LogP contribution in [0.4, 0.5) is 0 Å². The molecule has 0 aliphatic carbocycles. The van der Waals surface area contributed by atoms with Crippen molar-refractivity contribution in [2.75, 3.05) is 0 Å². The van der Waals surface area contributed by atoms with Crippen molar-refractivity contribution in [1.82, 2.24) is 9.97 Å². The molecule has 15 heavy (non-hydrogen) atoms. The lowest BCUT2D eigenvalue weighted by molar-refractivity contribution is 0.282. The van der Waals surface area contributed by atoms with Gasteiger partial charge in [0.05, 0.1) is 6.61 Å². The zero-order valence-electron chi connectivity index (χ0n) is 8.51. The lowest BCUT2D eigenvalue weighted by Crippen LogP contribution is -1.89. The summed E-state index contributed by atoms with van der Waals surface area (Å²) in [7, 11) is 0. The Bertz CT molecular complexity index is 434. The number of nitrogens with zero attached hydrogens (tertiary/aromatic N) is 2.